The molecule has 0 saturated heterocycles. The minimum Gasteiger partial charge on any atom is -0.497 e. The fraction of sp³-hybridized carbons (Fsp3) is 0.333. The molecule has 1 aliphatic rings. The Labute approximate surface area is 234 Å². The lowest BCUT2D eigenvalue weighted by Crippen LogP contribution is -2.46. The number of amides is 2. The maximum atomic E-state index is 14.3. The quantitative estimate of drug-likeness (QED) is 0.302. The van der Waals surface area contributed by atoms with Gasteiger partial charge in [0.15, 0.2) is 0 Å². The molecule has 2 amide bonds. The molecule has 0 saturated carbocycles. The largest absolute Gasteiger partial charge is 0.497 e. The van der Waals surface area contributed by atoms with E-state index in [1.165, 1.54) is 0 Å². The number of aryl methyl sites for hydroxylation is 2. The van der Waals surface area contributed by atoms with Gasteiger partial charge in [0.05, 0.1) is 44.9 Å². The van der Waals surface area contributed by atoms with Gasteiger partial charge in [-0.2, -0.15) is 5.10 Å². The predicted octanol–water partition coefficient (Wildman–Crippen LogP) is 4.74. The molecular formula is C30H35N7O3. The van der Waals surface area contributed by atoms with Gasteiger partial charge in [0.1, 0.15) is 23.1 Å². The standard InChI is InChI=1S/C30H35N7O3/c1-20-8-7-9-21(2)28(20)36-19-23-17-31-27(14-22-16-32-35(18-22)13-12-34(3)4)33-29(23)37(30(36)38)25-11-10-24(39-5)15-26(25)40-6/h7-11,15-18H,12-14,19H2,1-6H3. The fourth-order valence-corrected chi connectivity index (χ4v) is 4.97. The number of fused-ring (bicyclic) bond motifs is 1. The number of benzene rings is 2. The Kier molecular flexibility index (Phi) is 7.70. The Balaban J connectivity index is 1.57. The molecule has 40 heavy (non-hydrogen) atoms. The molecule has 2 aromatic heterocycles. The molecule has 0 aliphatic carbocycles. The summed E-state index contributed by atoms with van der Waals surface area (Å²) < 4.78 is 13.0. The highest BCUT2D eigenvalue weighted by molar-refractivity contribution is 6.11. The van der Waals surface area contributed by atoms with Gasteiger partial charge in [-0.25, -0.2) is 19.7 Å². The molecule has 208 valence electrons. The summed E-state index contributed by atoms with van der Waals surface area (Å²) in [6, 6.07) is 11.2. The zero-order chi connectivity index (χ0) is 28.4. The molecular weight excluding hydrogens is 506 g/mol. The Bertz CT molecular complexity index is 1510. The van der Waals surface area contributed by atoms with Crippen LogP contribution in [0.1, 0.15) is 28.1 Å². The molecule has 1 aliphatic heterocycles. The van der Waals surface area contributed by atoms with Gasteiger partial charge in [-0.3, -0.25) is 9.58 Å². The van der Waals surface area contributed by atoms with E-state index < -0.39 is 0 Å². The van der Waals surface area contributed by atoms with E-state index in [1.54, 1.807) is 30.1 Å². The van der Waals surface area contributed by atoms with Crippen LogP contribution in [0.5, 0.6) is 11.5 Å². The summed E-state index contributed by atoms with van der Waals surface area (Å²) in [5.41, 5.74) is 5.33. The molecule has 10 nitrogen and oxygen atoms in total. The first-order valence-corrected chi connectivity index (χ1v) is 13.2. The summed E-state index contributed by atoms with van der Waals surface area (Å²) in [6.07, 6.45) is 6.18. The van der Waals surface area contributed by atoms with Crippen molar-refractivity contribution in [1.29, 1.82) is 0 Å². The minimum absolute atomic E-state index is 0.213. The van der Waals surface area contributed by atoms with E-state index in [0.717, 1.165) is 41.0 Å². The van der Waals surface area contributed by atoms with E-state index in [0.29, 0.717) is 41.8 Å². The van der Waals surface area contributed by atoms with Crippen molar-refractivity contribution in [1.82, 2.24) is 24.6 Å². The zero-order valence-electron chi connectivity index (χ0n) is 23.9. The van der Waals surface area contributed by atoms with Gasteiger partial charge in [0, 0.05) is 37.0 Å². The van der Waals surface area contributed by atoms with Gasteiger partial charge in [0.25, 0.3) is 0 Å². The number of nitrogens with zero attached hydrogens (tertiary/aromatic N) is 7. The van der Waals surface area contributed by atoms with Crippen molar-refractivity contribution in [2.45, 2.75) is 33.4 Å². The molecule has 5 rings (SSSR count). The number of rotatable bonds is 9. The number of hydrogen-bond donors (Lipinski definition) is 0. The number of aromatic nitrogens is 4. The van der Waals surface area contributed by atoms with Crippen molar-refractivity contribution in [3.63, 3.8) is 0 Å². The molecule has 0 atom stereocenters. The fourth-order valence-electron chi connectivity index (χ4n) is 4.97. The molecule has 0 radical (unpaired) electrons. The third kappa shape index (κ3) is 5.35. The van der Waals surface area contributed by atoms with E-state index in [4.69, 9.17) is 19.4 Å². The van der Waals surface area contributed by atoms with Gasteiger partial charge >= 0.3 is 6.03 Å². The van der Waals surface area contributed by atoms with Gasteiger partial charge in [0.2, 0.25) is 0 Å². The van der Waals surface area contributed by atoms with E-state index >= 15 is 0 Å². The first kappa shape index (κ1) is 27.1. The van der Waals surface area contributed by atoms with Crippen molar-refractivity contribution in [2.24, 2.45) is 0 Å². The normalized spacial score (nSPS) is 13.1. The SMILES string of the molecule is COc1ccc(N2C(=O)N(c3c(C)cccc3C)Cc3cnc(Cc4cnn(CCN(C)C)c4)nc32)c(OC)c1. The number of urea groups is 1. The van der Waals surface area contributed by atoms with E-state index in [1.807, 2.05) is 81.5 Å². The highest BCUT2D eigenvalue weighted by atomic mass is 16.5. The van der Waals surface area contributed by atoms with Gasteiger partial charge in [-0.15, -0.1) is 0 Å². The average molecular weight is 542 g/mol. The van der Waals surface area contributed by atoms with Crippen molar-refractivity contribution >= 4 is 23.2 Å². The number of carbonyl (C=O) groups is 1. The molecule has 0 spiro atoms. The third-order valence-corrected chi connectivity index (χ3v) is 7.02. The average Bonchev–Trinajstić information content (AvgIpc) is 3.39. The second-order valence-electron chi connectivity index (χ2n) is 10.2. The molecule has 0 fully saturated rings. The molecule has 0 unspecified atom stereocenters. The Morgan fingerprint density at radius 1 is 1.02 bits per heavy atom. The second-order valence-corrected chi connectivity index (χ2v) is 10.2. The van der Waals surface area contributed by atoms with Crippen LogP contribution in [0.4, 0.5) is 22.0 Å². The van der Waals surface area contributed by atoms with Crippen LogP contribution < -0.4 is 19.3 Å². The number of carbonyl (C=O) groups excluding carboxylic acids is 1. The summed E-state index contributed by atoms with van der Waals surface area (Å²) in [5, 5.41) is 4.48. The number of anilines is 3. The summed E-state index contributed by atoms with van der Waals surface area (Å²) >= 11 is 0. The molecule has 10 heteroatoms. The molecule has 4 aromatic rings. The van der Waals surface area contributed by atoms with Crippen molar-refractivity contribution in [3.05, 3.63) is 83.1 Å². The van der Waals surface area contributed by atoms with Crippen LogP contribution in [0.15, 0.2) is 55.0 Å². The van der Waals surface area contributed by atoms with E-state index in [9.17, 15) is 4.79 Å². The first-order valence-electron chi connectivity index (χ1n) is 13.2. The summed E-state index contributed by atoms with van der Waals surface area (Å²) in [4.78, 5) is 29.5. The highest BCUT2D eigenvalue weighted by Crippen LogP contribution is 2.42. The maximum absolute atomic E-state index is 14.3. The smallest absolute Gasteiger partial charge is 0.335 e. The summed E-state index contributed by atoms with van der Waals surface area (Å²) in [7, 11) is 7.26. The van der Waals surface area contributed by atoms with E-state index in [2.05, 4.69) is 10.00 Å². The number of para-hydroxylation sites is 1. The van der Waals surface area contributed by atoms with Crippen LogP contribution in [0.25, 0.3) is 0 Å². The van der Waals surface area contributed by atoms with Gasteiger partial charge < -0.3 is 14.4 Å². The molecule has 0 N–H and O–H groups in total. The predicted molar refractivity (Wildman–Crippen MR) is 155 cm³/mol. The van der Waals surface area contributed by atoms with Crippen molar-refractivity contribution in [3.8, 4) is 11.5 Å². The third-order valence-electron chi connectivity index (χ3n) is 7.02. The summed E-state index contributed by atoms with van der Waals surface area (Å²) in [6.45, 7) is 6.08. The lowest BCUT2D eigenvalue weighted by Gasteiger charge is -2.37. The molecule has 2 aromatic carbocycles. The first-order chi connectivity index (χ1) is 19.3. The van der Waals surface area contributed by atoms with Crippen molar-refractivity contribution < 1.29 is 14.3 Å². The molecule has 0 bridgehead atoms. The Hall–Kier alpha value is -4.44. The number of methoxy groups -OCH3 is 2. The minimum atomic E-state index is -0.213. The van der Waals surface area contributed by atoms with E-state index in [-0.39, 0.29) is 6.03 Å². The van der Waals surface area contributed by atoms with Crippen LogP contribution in [-0.2, 0) is 19.5 Å². The van der Waals surface area contributed by atoms with Crippen LogP contribution in [-0.4, -0.2) is 65.5 Å². The van der Waals surface area contributed by atoms with Crippen LogP contribution in [0.2, 0.25) is 0 Å². The molecule has 3 heterocycles. The van der Waals surface area contributed by atoms with Crippen molar-refractivity contribution in [2.75, 3.05) is 44.7 Å². The van der Waals surface area contributed by atoms with Crippen LogP contribution in [0, 0.1) is 13.8 Å². The number of hydrogen-bond acceptors (Lipinski definition) is 7. The monoisotopic (exact) mass is 541 g/mol. The van der Waals surface area contributed by atoms with Gasteiger partial charge in [-0.1, -0.05) is 18.2 Å². The highest BCUT2D eigenvalue weighted by Gasteiger charge is 2.37. The lowest BCUT2D eigenvalue weighted by atomic mass is 10.1. The van der Waals surface area contributed by atoms with Crippen LogP contribution in [0.3, 0.4) is 0 Å². The Morgan fingerprint density at radius 2 is 1.80 bits per heavy atom. The number of likely N-dealkylation sites (N-methyl/N-ethyl adjacent to an activating group) is 1. The number of ether oxygens (including phenoxy) is 2. The van der Waals surface area contributed by atoms with Crippen LogP contribution >= 0.6 is 0 Å². The van der Waals surface area contributed by atoms with Gasteiger partial charge in [-0.05, 0) is 56.8 Å². The second kappa shape index (κ2) is 11.4. The Morgan fingerprint density at radius 3 is 2.50 bits per heavy atom. The maximum Gasteiger partial charge on any atom is 0.335 e. The topological polar surface area (TPSA) is 88.9 Å². The lowest BCUT2D eigenvalue weighted by molar-refractivity contribution is 0.252. The summed E-state index contributed by atoms with van der Waals surface area (Å²) in [5.74, 6) is 2.29. The zero-order valence-corrected chi connectivity index (χ0v) is 23.9.